The SMILES string of the molecule is NC(CCN1CCC(CO)C1)c1ccccc1Cl. The highest BCUT2D eigenvalue weighted by molar-refractivity contribution is 6.31. The van der Waals surface area contributed by atoms with Crippen molar-refractivity contribution in [3.63, 3.8) is 0 Å². The summed E-state index contributed by atoms with van der Waals surface area (Å²) in [6.45, 7) is 3.34. The second-order valence-corrected chi connectivity index (χ2v) is 5.46. The molecule has 2 unspecified atom stereocenters. The number of hydrogen-bond donors (Lipinski definition) is 2. The Bertz CT molecular complexity index is 386. The molecule has 1 fully saturated rings. The van der Waals surface area contributed by atoms with Gasteiger partial charge in [0.05, 0.1) is 0 Å². The first kappa shape index (κ1) is 13.8. The summed E-state index contributed by atoms with van der Waals surface area (Å²) in [7, 11) is 0. The van der Waals surface area contributed by atoms with Gasteiger partial charge in [-0.05, 0) is 43.5 Å². The molecule has 0 amide bonds. The van der Waals surface area contributed by atoms with Gasteiger partial charge in [-0.3, -0.25) is 0 Å². The maximum absolute atomic E-state index is 9.11. The lowest BCUT2D eigenvalue weighted by molar-refractivity contribution is 0.220. The van der Waals surface area contributed by atoms with Gasteiger partial charge in [-0.15, -0.1) is 0 Å². The van der Waals surface area contributed by atoms with Crippen molar-refractivity contribution in [2.45, 2.75) is 18.9 Å². The Labute approximate surface area is 114 Å². The first-order valence-electron chi connectivity index (χ1n) is 6.54. The highest BCUT2D eigenvalue weighted by Gasteiger charge is 2.22. The van der Waals surface area contributed by atoms with Crippen LogP contribution in [0.5, 0.6) is 0 Å². The van der Waals surface area contributed by atoms with Gasteiger partial charge < -0.3 is 15.7 Å². The predicted octanol–water partition coefficient (Wildman–Crippen LogP) is 2.04. The van der Waals surface area contributed by atoms with Crippen LogP contribution >= 0.6 is 11.6 Å². The Hall–Kier alpha value is -0.610. The Balaban J connectivity index is 1.82. The van der Waals surface area contributed by atoms with Crippen LogP contribution in [0.4, 0.5) is 0 Å². The number of hydrogen-bond acceptors (Lipinski definition) is 3. The average Bonchev–Trinajstić information content (AvgIpc) is 2.84. The first-order chi connectivity index (χ1) is 8.70. The van der Waals surface area contributed by atoms with Crippen LogP contribution in [-0.4, -0.2) is 36.2 Å². The molecular weight excluding hydrogens is 248 g/mol. The van der Waals surface area contributed by atoms with Crippen LogP contribution < -0.4 is 5.73 Å². The average molecular weight is 269 g/mol. The van der Waals surface area contributed by atoms with E-state index in [2.05, 4.69) is 4.90 Å². The van der Waals surface area contributed by atoms with Crippen LogP contribution in [0.1, 0.15) is 24.4 Å². The second kappa shape index (κ2) is 6.53. The van der Waals surface area contributed by atoms with E-state index in [1.165, 1.54) is 0 Å². The summed E-state index contributed by atoms with van der Waals surface area (Å²) in [5.41, 5.74) is 7.21. The zero-order valence-electron chi connectivity index (χ0n) is 10.6. The summed E-state index contributed by atoms with van der Waals surface area (Å²) in [6.07, 6.45) is 2.00. The fraction of sp³-hybridized carbons (Fsp3) is 0.571. The molecule has 3 nitrogen and oxygen atoms in total. The molecule has 1 aliphatic rings. The topological polar surface area (TPSA) is 49.5 Å². The molecule has 2 atom stereocenters. The molecule has 0 radical (unpaired) electrons. The van der Waals surface area contributed by atoms with Crippen molar-refractivity contribution >= 4 is 11.6 Å². The monoisotopic (exact) mass is 268 g/mol. The Morgan fingerprint density at radius 2 is 2.22 bits per heavy atom. The fourth-order valence-corrected chi connectivity index (χ4v) is 2.79. The van der Waals surface area contributed by atoms with E-state index in [4.69, 9.17) is 22.4 Å². The molecule has 100 valence electrons. The van der Waals surface area contributed by atoms with Crippen molar-refractivity contribution in [1.82, 2.24) is 4.90 Å². The minimum Gasteiger partial charge on any atom is -0.396 e. The number of halogens is 1. The summed E-state index contributed by atoms with van der Waals surface area (Å²) in [5.74, 6) is 0.446. The van der Waals surface area contributed by atoms with Crippen molar-refractivity contribution in [2.24, 2.45) is 11.7 Å². The number of aliphatic hydroxyl groups is 1. The quantitative estimate of drug-likeness (QED) is 0.859. The maximum atomic E-state index is 9.11. The van der Waals surface area contributed by atoms with Crippen LogP contribution in [-0.2, 0) is 0 Å². The third kappa shape index (κ3) is 3.45. The number of benzene rings is 1. The summed E-state index contributed by atoms with van der Waals surface area (Å²) in [6, 6.07) is 7.76. The van der Waals surface area contributed by atoms with Crippen molar-refractivity contribution < 1.29 is 5.11 Å². The van der Waals surface area contributed by atoms with E-state index in [-0.39, 0.29) is 6.04 Å². The molecule has 0 bridgehead atoms. The van der Waals surface area contributed by atoms with E-state index in [1.54, 1.807) is 0 Å². The maximum Gasteiger partial charge on any atom is 0.0471 e. The van der Waals surface area contributed by atoms with Gasteiger partial charge in [0, 0.05) is 24.2 Å². The molecule has 1 aliphatic heterocycles. The zero-order chi connectivity index (χ0) is 13.0. The van der Waals surface area contributed by atoms with Crippen LogP contribution in [0.3, 0.4) is 0 Å². The van der Waals surface area contributed by atoms with Gasteiger partial charge >= 0.3 is 0 Å². The van der Waals surface area contributed by atoms with E-state index >= 15 is 0 Å². The molecule has 4 heteroatoms. The van der Waals surface area contributed by atoms with Crippen molar-refractivity contribution in [3.05, 3.63) is 34.9 Å². The normalized spacial score (nSPS) is 22.3. The van der Waals surface area contributed by atoms with Crippen LogP contribution in [0.15, 0.2) is 24.3 Å². The molecule has 18 heavy (non-hydrogen) atoms. The van der Waals surface area contributed by atoms with Crippen LogP contribution in [0, 0.1) is 5.92 Å². The van der Waals surface area contributed by atoms with Gasteiger partial charge in [-0.2, -0.15) is 0 Å². The number of nitrogens with two attached hydrogens (primary N) is 1. The third-order valence-electron chi connectivity index (χ3n) is 3.69. The Morgan fingerprint density at radius 1 is 1.44 bits per heavy atom. The van der Waals surface area contributed by atoms with Crippen molar-refractivity contribution in [3.8, 4) is 0 Å². The highest BCUT2D eigenvalue weighted by atomic mass is 35.5. The van der Waals surface area contributed by atoms with E-state index in [9.17, 15) is 0 Å². The molecule has 1 saturated heterocycles. The number of likely N-dealkylation sites (tertiary alicyclic amines) is 1. The standard InChI is InChI=1S/C14H21ClN2O/c15-13-4-2-1-3-12(13)14(16)6-8-17-7-5-11(9-17)10-18/h1-4,11,14,18H,5-10,16H2. The summed E-state index contributed by atoms with van der Waals surface area (Å²) in [4.78, 5) is 2.37. The number of rotatable bonds is 5. The lowest BCUT2D eigenvalue weighted by atomic mass is 10.0. The largest absolute Gasteiger partial charge is 0.396 e. The molecule has 0 aliphatic carbocycles. The second-order valence-electron chi connectivity index (χ2n) is 5.05. The smallest absolute Gasteiger partial charge is 0.0471 e. The summed E-state index contributed by atoms with van der Waals surface area (Å²) < 4.78 is 0. The minimum absolute atomic E-state index is 0.00752. The molecule has 2 rings (SSSR count). The fourth-order valence-electron chi connectivity index (χ4n) is 2.52. The molecule has 0 saturated carbocycles. The van der Waals surface area contributed by atoms with Gasteiger partial charge in [-0.25, -0.2) is 0 Å². The van der Waals surface area contributed by atoms with Crippen molar-refractivity contribution in [2.75, 3.05) is 26.2 Å². The van der Waals surface area contributed by atoms with Gasteiger partial charge in [0.1, 0.15) is 0 Å². The first-order valence-corrected chi connectivity index (χ1v) is 6.91. The summed E-state index contributed by atoms with van der Waals surface area (Å²) >= 11 is 6.13. The van der Waals surface area contributed by atoms with Crippen LogP contribution in [0.25, 0.3) is 0 Å². The lowest BCUT2D eigenvalue weighted by Crippen LogP contribution is -2.26. The number of aliphatic hydroxyl groups excluding tert-OH is 1. The van der Waals surface area contributed by atoms with Gasteiger partial charge in [-0.1, -0.05) is 29.8 Å². The third-order valence-corrected chi connectivity index (χ3v) is 4.03. The zero-order valence-corrected chi connectivity index (χ0v) is 11.3. The van der Waals surface area contributed by atoms with E-state index in [1.807, 2.05) is 24.3 Å². The summed E-state index contributed by atoms with van der Waals surface area (Å²) in [5, 5.41) is 9.86. The van der Waals surface area contributed by atoms with E-state index in [0.717, 1.165) is 43.1 Å². The Morgan fingerprint density at radius 3 is 2.89 bits per heavy atom. The molecule has 1 aromatic carbocycles. The van der Waals surface area contributed by atoms with E-state index in [0.29, 0.717) is 12.5 Å². The van der Waals surface area contributed by atoms with Gasteiger partial charge in [0.15, 0.2) is 0 Å². The molecule has 0 spiro atoms. The highest BCUT2D eigenvalue weighted by Crippen LogP contribution is 2.24. The Kier molecular flexibility index (Phi) is 5.01. The van der Waals surface area contributed by atoms with E-state index < -0.39 is 0 Å². The van der Waals surface area contributed by atoms with Gasteiger partial charge in [0.2, 0.25) is 0 Å². The molecule has 1 aromatic rings. The predicted molar refractivity (Wildman–Crippen MR) is 74.6 cm³/mol. The lowest BCUT2D eigenvalue weighted by Gasteiger charge is -2.19. The minimum atomic E-state index is -0.00752. The van der Waals surface area contributed by atoms with Crippen molar-refractivity contribution in [1.29, 1.82) is 0 Å². The number of nitrogens with zero attached hydrogens (tertiary/aromatic N) is 1. The van der Waals surface area contributed by atoms with Crippen LogP contribution in [0.2, 0.25) is 5.02 Å². The molecule has 0 aromatic heterocycles. The van der Waals surface area contributed by atoms with Gasteiger partial charge in [0.25, 0.3) is 0 Å². The molecule has 1 heterocycles. The molecular formula is C14H21ClN2O. The molecule has 3 N–H and O–H groups in total.